The number of halogens is 4. The van der Waals surface area contributed by atoms with Crippen molar-refractivity contribution in [2.45, 2.75) is 23.4 Å². The number of carboxylic acid groups (broad SMARTS) is 1. The van der Waals surface area contributed by atoms with Crippen LogP contribution in [0.2, 0.25) is 0 Å². The number of alkyl halides is 3. The average Bonchev–Trinajstić information content (AvgIpc) is 3.12. The van der Waals surface area contributed by atoms with Crippen molar-refractivity contribution < 1.29 is 35.9 Å². The van der Waals surface area contributed by atoms with Crippen LogP contribution in [0.3, 0.4) is 0 Å². The lowest BCUT2D eigenvalue weighted by Gasteiger charge is -2.40. The van der Waals surface area contributed by atoms with Crippen molar-refractivity contribution in [1.29, 1.82) is 0 Å². The van der Waals surface area contributed by atoms with Gasteiger partial charge in [0.2, 0.25) is 0 Å². The summed E-state index contributed by atoms with van der Waals surface area (Å²) in [6.07, 6.45) is -4.76. The molecule has 0 amide bonds. The molecule has 0 bridgehead atoms. The number of nitrogens with zero attached hydrogens (tertiary/aromatic N) is 2. The van der Waals surface area contributed by atoms with E-state index in [4.69, 9.17) is 5.11 Å². The van der Waals surface area contributed by atoms with Crippen LogP contribution in [0.1, 0.15) is 22.2 Å². The zero-order chi connectivity index (χ0) is 21.6. The van der Waals surface area contributed by atoms with Crippen LogP contribution in [0.15, 0.2) is 34.5 Å². The van der Waals surface area contributed by atoms with Crippen LogP contribution >= 0.6 is 11.3 Å². The van der Waals surface area contributed by atoms with Gasteiger partial charge in [0.05, 0.1) is 5.56 Å². The van der Waals surface area contributed by atoms with Gasteiger partial charge in [0, 0.05) is 31.4 Å². The number of aromatic carboxylic acids is 1. The lowest BCUT2D eigenvalue weighted by molar-refractivity contribution is -0.137. The molecule has 29 heavy (non-hydrogen) atoms. The van der Waals surface area contributed by atoms with E-state index in [0.29, 0.717) is 17.4 Å². The van der Waals surface area contributed by atoms with Gasteiger partial charge in [0.25, 0.3) is 10.0 Å². The Morgan fingerprint density at radius 1 is 1.21 bits per heavy atom. The van der Waals surface area contributed by atoms with E-state index in [-0.39, 0.29) is 34.4 Å². The van der Waals surface area contributed by atoms with Gasteiger partial charge in [-0.1, -0.05) is 0 Å². The number of carboxylic acids is 1. The van der Waals surface area contributed by atoms with Gasteiger partial charge in [-0.15, -0.1) is 11.3 Å². The molecule has 0 spiro atoms. The third kappa shape index (κ3) is 4.23. The monoisotopic (exact) mass is 452 g/mol. The van der Waals surface area contributed by atoms with Gasteiger partial charge in [-0.3, -0.25) is 0 Å². The number of hydrogen-bond donors (Lipinski definition) is 1. The van der Waals surface area contributed by atoms with Gasteiger partial charge < -0.3 is 10.0 Å². The van der Waals surface area contributed by atoms with Crippen LogP contribution in [0.4, 0.5) is 23.2 Å². The molecule has 3 rings (SSSR count). The number of rotatable bonds is 4. The maximum atomic E-state index is 13.3. The summed E-state index contributed by atoms with van der Waals surface area (Å²) in [5.74, 6) is -2.26. The Kier molecular flexibility index (Phi) is 5.62. The first-order valence-electron chi connectivity index (χ1n) is 8.38. The summed E-state index contributed by atoms with van der Waals surface area (Å²) in [5.41, 5.74) is -1.34. The van der Waals surface area contributed by atoms with Crippen LogP contribution in [0.25, 0.3) is 0 Å². The van der Waals surface area contributed by atoms with E-state index in [1.165, 1.54) is 17.0 Å². The molecule has 1 atom stereocenters. The Hall–Kier alpha value is -2.18. The molecule has 1 aromatic heterocycles. The quantitative estimate of drug-likeness (QED) is 0.719. The first-order valence-corrected chi connectivity index (χ1v) is 10.6. The number of sulfonamides is 1. The SMILES string of the molecule is C[C@@H]1CN(c2ccc(F)cc2C(F)(F)F)CCN1S(=O)(=O)c1ccc(C(=O)O)s1. The molecule has 1 fully saturated rings. The van der Waals surface area contributed by atoms with E-state index in [9.17, 15) is 30.8 Å². The number of anilines is 1. The number of hydrogen-bond acceptors (Lipinski definition) is 5. The molecule has 0 aliphatic carbocycles. The van der Waals surface area contributed by atoms with E-state index in [0.717, 1.165) is 16.4 Å². The molecule has 158 valence electrons. The average molecular weight is 452 g/mol. The first kappa shape index (κ1) is 21.5. The van der Waals surface area contributed by atoms with Gasteiger partial charge >= 0.3 is 12.1 Å². The third-order valence-electron chi connectivity index (χ3n) is 4.53. The van der Waals surface area contributed by atoms with Crippen molar-refractivity contribution in [2.24, 2.45) is 0 Å². The summed E-state index contributed by atoms with van der Waals surface area (Å²) in [4.78, 5) is 12.2. The van der Waals surface area contributed by atoms with Crippen molar-refractivity contribution in [1.82, 2.24) is 4.31 Å². The predicted molar refractivity (Wildman–Crippen MR) is 98.2 cm³/mol. The molecule has 1 aliphatic heterocycles. The standard InChI is InChI=1S/C17H16F4N2O4S2/c1-10-9-22(13-3-2-11(18)8-12(13)17(19,20)21)6-7-23(10)29(26,27)15-5-4-14(28-15)16(24)25/h2-5,8,10H,6-7,9H2,1H3,(H,24,25)/t10-/m1/s1. The Morgan fingerprint density at radius 2 is 1.90 bits per heavy atom. The van der Waals surface area contributed by atoms with Gasteiger partial charge in [0.1, 0.15) is 14.9 Å². The highest BCUT2D eigenvalue weighted by Crippen LogP contribution is 2.38. The zero-order valence-corrected chi connectivity index (χ0v) is 16.6. The van der Waals surface area contributed by atoms with Gasteiger partial charge in [-0.2, -0.15) is 17.5 Å². The summed E-state index contributed by atoms with van der Waals surface area (Å²) in [5, 5.41) is 8.97. The lowest BCUT2D eigenvalue weighted by Crippen LogP contribution is -2.54. The molecular formula is C17H16F4N2O4S2. The van der Waals surface area contributed by atoms with E-state index < -0.39 is 39.6 Å². The minimum atomic E-state index is -4.76. The Labute approximate surface area is 168 Å². The van der Waals surface area contributed by atoms with Gasteiger partial charge in [0.15, 0.2) is 0 Å². The Balaban J connectivity index is 1.85. The topological polar surface area (TPSA) is 77.9 Å². The maximum absolute atomic E-state index is 13.3. The summed E-state index contributed by atoms with van der Waals surface area (Å²) in [7, 11) is -4.00. The van der Waals surface area contributed by atoms with Gasteiger partial charge in [-0.25, -0.2) is 17.6 Å². The molecule has 0 unspecified atom stereocenters. The highest BCUT2D eigenvalue weighted by Gasteiger charge is 2.39. The summed E-state index contributed by atoms with van der Waals surface area (Å²) in [6.45, 7) is 1.38. The van der Waals surface area contributed by atoms with Crippen molar-refractivity contribution in [2.75, 3.05) is 24.5 Å². The highest BCUT2D eigenvalue weighted by molar-refractivity contribution is 7.91. The van der Waals surface area contributed by atoms with Crippen molar-refractivity contribution in [3.05, 3.63) is 46.6 Å². The number of benzene rings is 1. The van der Waals surface area contributed by atoms with Crippen molar-refractivity contribution in [3.8, 4) is 0 Å². The molecule has 1 aromatic carbocycles. The van der Waals surface area contributed by atoms with E-state index in [1.807, 2.05) is 0 Å². The molecule has 2 heterocycles. The molecule has 1 saturated heterocycles. The minimum Gasteiger partial charge on any atom is -0.477 e. The maximum Gasteiger partial charge on any atom is 0.418 e. The smallest absolute Gasteiger partial charge is 0.418 e. The molecule has 12 heteroatoms. The largest absolute Gasteiger partial charge is 0.477 e. The number of thiophene rings is 1. The summed E-state index contributed by atoms with van der Waals surface area (Å²) >= 11 is 0.615. The third-order valence-corrected chi connectivity index (χ3v) is 8.08. The number of carbonyl (C=O) groups is 1. The molecular weight excluding hydrogens is 436 g/mol. The van der Waals surface area contributed by atoms with E-state index in [1.54, 1.807) is 6.92 Å². The fourth-order valence-electron chi connectivity index (χ4n) is 3.22. The minimum absolute atomic E-state index is 0.0323. The van der Waals surface area contributed by atoms with Gasteiger partial charge in [-0.05, 0) is 37.3 Å². The molecule has 6 nitrogen and oxygen atoms in total. The fourth-order valence-corrected chi connectivity index (χ4v) is 6.10. The van der Waals surface area contributed by atoms with Crippen LogP contribution in [-0.4, -0.2) is 49.5 Å². The molecule has 2 aromatic rings. The first-order chi connectivity index (χ1) is 13.4. The van der Waals surface area contributed by atoms with Crippen LogP contribution in [0, 0.1) is 5.82 Å². The summed E-state index contributed by atoms with van der Waals surface area (Å²) in [6, 6.07) is 4.09. The molecule has 1 aliphatic rings. The Bertz CT molecular complexity index is 1040. The van der Waals surface area contributed by atoms with E-state index in [2.05, 4.69) is 0 Å². The van der Waals surface area contributed by atoms with Crippen LogP contribution in [0.5, 0.6) is 0 Å². The second-order valence-electron chi connectivity index (χ2n) is 6.49. The van der Waals surface area contributed by atoms with Crippen molar-refractivity contribution >= 4 is 33.0 Å². The second-order valence-corrected chi connectivity index (χ2v) is 9.70. The fraction of sp³-hybridized carbons (Fsp3) is 0.353. The lowest BCUT2D eigenvalue weighted by atomic mass is 10.1. The molecule has 0 saturated carbocycles. The molecule has 1 N–H and O–H groups in total. The molecule has 0 radical (unpaired) electrons. The van der Waals surface area contributed by atoms with Crippen LogP contribution < -0.4 is 4.90 Å². The van der Waals surface area contributed by atoms with Crippen molar-refractivity contribution in [3.63, 3.8) is 0 Å². The Morgan fingerprint density at radius 3 is 2.45 bits per heavy atom. The number of piperazine rings is 1. The van der Waals surface area contributed by atoms with Crippen LogP contribution in [-0.2, 0) is 16.2 Å². The highest BCUT2D eigenvalue weighted by atomic mass is 32.2. The summed E-state index contributed by atoms with van der Waals surface area (Å²) < 4.78 is 79.9. The zero-order valence-electron chi connectivity index (χ0n) is 15.0. The van der Waals surface area contributed by atoms with E-state index >= 15 is 0 Å². The normalized spacial score (nSPS) is 18.8. The second kappa shape index (κ2) is 7.58. The predicted octanol–water partition coefficient (Wildman–Crippen LogP) is 3.50.